The lowest BCUT2D eigenvalue weighted by atomic mass is 9.97. The molecule has 2 aromatic carbocycles. The van der Waals surface area contributed by atoms with Crippen LogP contribution in [0.15, 0.2) is 48.5 Å². The fourth-order valence-corrected chi connectivity index (χ4v) is 4.15. The Kier molecular flexibility index (Phi) is 6.13. The van der Waals surface area contributed by atoms with Crippen LogP contribution in [-0.4, -0.2) is 48.4 Å². The van der Waals surface area contributed by atoms with Gasteiger partial charge in [0.25, 0.3) is 0 Å². The van der Waals surface area contributed by atoms with Crippen molar-refractivity contribution in [2.24, 2.45) is 5.92 Å². The monoisotopic (exact) mass is 394 g/mol. The lowest BCUT2D eigenvalue weighted by Crippen LogP contribution is -2.55. The number of rotatable bonds is 6. The minimum absolute atomic E-state index is 0.0532. The number of carboxylic acid groups (broad SMARTS) is 1. The maximum atomic E-state index is 11.1. The highest BCUT2D eigenvalue weighted by atomic mass is 16.4. The van der Waals surface area contributed by atoms with Gasteiger partial charge in [0, 0.05) is 37.8 Å². The molecule has 0 aliphatic carbocycles. The molecule has 154 valence electrons. The summed E-state index contributed by atoms with van der Waals surface area (Å²) in [6.07, 6.45) is 0.801. The summed E-state index contributed by atoms with van der Waals surface area (Å²) in [5, 5.41) is 19.7. The molecule has 0 radical (unpaired) electrons. The average Bonchev–Trinajstić information content (AvgIpc) is 3.20. The van der Waals surface area contributed by atoms with Crippen molar-refractivity contribution in [3.8, 4) is 0 Å². The minimum Gasteiger partial charge on any atom is -0.481 e. The van der Waals surface area contributed by atoms with E-state index < -0.39 is 5.97 Å². The van der Waals surface area contributed by atoms with Crippen molar-refractivity contribution in [1.82, 2.24) is 15.5 Å². The highest BCUT2D eigenvalue weighted by Gasteiger charge is 2.27. The minimum atomic E-state index is -0.677. The third kappa shape index (κ3) is 5.15. The molecule has 0 saturated carbocycles. The predicted molar refractivity (Wildman–Crippen MR) is 115 cm³/mol. The van der Waals surface area contributed by atoms with E-state index in [4.69, 9.17) is 5.11 Å². The number of nitrogens with zero attached hydrogens (tertiary/aromatic N) is 1. The lowest BCUT2D eigenvalue weighted by Gasteiger charge is -2.32. The van der Waals surface area contributed by atoms with Crippen molar-refractivity contribution >= 4 is 11.7 Å². The molecule has 4 rings (SSSR count). The van der Waals surface area contributed by atoms with Crippen molar-refractivity contribution in [1.29, 1.82) is 0 Å². The number of hydrogen-bond acceptors (Lipinski definition) is 5. The summed E-state index contributed by atoms with van der Waals surface area (Å²) in [5.41, 5.74) is 4.94. The molecule has 6 nitrogen and oxygen atoms in total. The molecule has 2 saturated heterocycles. The Bertz CT molecular complexity index is 814. The largest absolute Gasteiger partial charge is 0.481 e. The van der Waals surface area contributed by atoms with Gasteiger partial charge in [0.15, 0.2) is 0 Å². The third-order valence-corrected chi connectivity index (χ3v) is 5.98. The first-order chi connectivity index (χ1) is 14.1. The molecule has 2 fully saturated rings. The Morgan fingerprint density at radius 3 is 2.41 bits per heavy atom. The molecule has 2 heterocycles. The van der Waals surface area contributed by atoms with Crippen LogP contribution >= 0.6 is 0 Å². The summed E-state index contributed by atoms with van der Waals surface area (Å²) < 4.78 is 0. The maximum absolute atomic E-state index is 11.1. The average molecular weight is 395 g/mol. The Labute approximate surface area is 172 Å². The van der Waals surface area contributed by atoms with Gasteiger partial charge in [-0.2, -0.15) is 0 Å². The molecule has 1 atom stereocenters. The Balaban J connectivity index is 1.24. The lowest BCUT2D eigenvalue weighted by molar-refractivity contribution is -0.141. The van der Waals surface area contributed by atoms with E-state index in [1.54, 1.807) is 0 Å². The van der Waals surface area contributed by atoms with Crippen LogP contribution in [0.25, 0.3) is 0 Å². The van der Waals surface area contributed by atoms with E-state index in [-0.39, 0.29) is 12.2 Å². The van der Waals surface area contributed by atoms with E-state index in [0.717, 1.165) is 38.3 Å². The molecule has 4 N–H and O–H groups in total. The van der Waals surface area contributed by atoms with Gasteiger partial charge in [-0.1, -0.05) is 42.0 Å². The number of likely N-dealkylation sites (tertiary alicyclic amines) is 1. The van der Waals surface area contributed by atoms with Crippen LogP contribution in [-0.2, 0) is 11.3 Å². The van der Waals surface area contributed by atoms with Gasteiger partial charge in [0.1, 0.15) is 6.29 Å². The van der Waals surface area contributed by atoms with E-state index in [0.29, 0.717) is 12.5 Å². The second-order valence-electron chi connectivity index (χ2n) is 8.26. The van der Waals surface area contributed by atoms with Crippen molar-refractivity contribution in [2.45, 2.75) is 32.1 Å². The molecular formula is C23H30N4O2. The molecule has 2 aliphatic heterocycles. The van der Waals surface area contributed by atoms with Gasteiger partial charge in [-0.3, -0.25) is 20.3 Å². The predicted octanol–water partition coefficient (Wildman–Crippen LogP) is 2.57. The second-order valence-corrected chi connectivity index (χ2v) is 8.26. The van der Waals surface area contributed by atoms with Crippen LogP contribution in [0.5, 0.6) is 0 Å². The number of aryl methyl sites for hydroxylation is 1. The zero-order valence-electron chi connectivity index (χ0n) is 16.9. The van der Waals surface area contributed by atoms with Crippen molar-refractivity contribution < 1.29 is 9.90 Å². The molecule has 29 heavy (non-hydrogen) atoms. The van der Waals surface area contributed by atoms with Crippen molar-refractivity contribution in [2.75, 3.05) is 31.5 Å². The molecule has 2 aliphatic rings. The van der Waals surface area contributed by atoms with Crippen LogP contribution in [0, 0.1) is 12.8 Å². The first-order valence-electron chi connectivity index (χ1n) is 10.4. The molecule has 6 heteroatoms. The van der Waals surface area contributed by atoms with Crippen LogP contribution < -0.4 is 16.0 Å². The zero-order chi connectivity index (χ0) is 20.2. The van der Waals surface area contributed by atoms with Gasteiger partial charge in [0.2, 0.25) is 0 Å². The third-order valence-electron chi connectivity index (χ3n) is 5.98. The second kappa shape index (κ2) is 8.95. The molecule has 0 spiro atoms. The van der Waals surface area contributed by atoms with Gasteiger partial charge in [-0.05, 0) is 43.1 Å². The van der Waals surface area contributed by atoms with Gasteiger partial charge in [-0.15, -0.1) is 0 Å². The summed E-state index contributed by atoms with van der Waals surface area (Å²) in [4.78, 5) is 13.3. The van der Waals surface area contributed by atoms with Gasteiger partial charge in [0.05, 0.1) is 5.92 Å². The highest BCUT2D eigenvalue weighted by molar-refractivity contribution is 5.70. The van der Waals surface area contributed by atoms with Crippen LogP contribution in [0.1, 0.15) is 29.0 Å². The van der Waals surface area contributed by atoms with E-state index >= 15 is 0 Å². The smallest absolute Gasteiger partial charge is 0.307 e. The zero-order valence-corrected chi connectivity index (χ0v) is 16.9. The number of hydrogen-bond donors (Lipinski definition) is 4. The number of anilines is 1. The van der Waals surface area contributed by atoms with Gasteiger partial charge < -0.3 is 10.4 Å². The summed E-state index contributed by atoms with van der Waals surface area (Å²) in [7, 11) is 0. The quantitative estimate of drug-likeness (QED) is 0.603. The standard InChI is InChI=1S/C23H30N4O2/c1-16-2-6-18(7-3-16)20-12-24-23(25-13-20)26-21-8-4-17(5-9-21)14-27-11-10-19(15-27)22(28)29/h2-9,19-20,23-26H,10-15H2,1H3,(H,28,29). The first kappa shape index (κ1) is 19.9. The highest BCUT2D eigenvalue weighted by Crippen LogP contribution is 2.21. The normalized spacial score (nSPS) is 25.1. The van der Waals surface area contributed by atoms with Gasteiger partial charge >= 0.3 is 5.97 Å². The fourth-order valence-electron chi connectivity index (χ4n) is 4.15. The summed E-state index contributed by atoms with van der Waals surface area (Å²) in [6, 6.07) is 17.2. The fraction of sp³-hybridized carbons (Fsp3) is 0.435. The van der Waals surface area contributed by atoms with Gasteiger partial charge in [-0.25, -0.2) is 0 Å². The number of aliphatic carboxylic acids is 1. The molecule has 0 amide bonds. The first-order valence-corrected chi connectivity index (χ1v) is 10.4. The number of nitrogens with one attached hydrogen (secondary N) is 3. The topological polar surface area (TPSA) is 76.6 Å². The van der Waals surface area contributed by atoms with E-state index in [9.17, 15) is 4.79 Å². The summed E-state index contributed by atoms with van der Waals surface area (Å²) >= 11 is 0. The number of carboxylic acids is 1. The number of carbonyl (C=O) groups is 1. The van der Waals surface area contributed by atoms with Crippen LogP contribution in [0.3, 0.4) is 0 Å². The Hall–Kier alpha value is -2.41. The van der Waals surface area contributed by atoms with Crippen LogP contribution in [0.2, 0.25) is 0 Å². The molecule has 2 aromatic rings. The molecule has 0 bridgehead atoms. The molecule has 0 aromatic heterocycles. The summed E-state index contributed by atoms with van der Waals surface area (Å²) in [6.45, 7) is 6.30. The van der Waals surface area contributed by atoms with E-state index in [1.165, 1.54) is 16.7 Å². The number of benzene rings is 2. The maximum Gasteiger partial charge on any atom is 0.307 e. The Morgan fingerprint density at radius 2 is 1.79 bits per heavy atom. The van der Waals surface area contributed by atoms with E-state index in [2.05, 4.69) is 76.3 Å². The molecule has 1 unspecified atom stereocenters. The van der Waals surface area contributed by atoms with Crippen molar-refractivity contribution in [3.05, 3.63) is 65.2 Å². The summed E-state index contributed by atoms with van der Waals surface area (Å²) in [5.74, 6) is -0.418. The van der Waals surface area contributed by atoms with Crippen LogP contribution in [0.4, 0.5) is 5.69 Å². The SMILES string of the molecule is Cc1ccc(C2CNC(Nc3ccc(CN4CCC(C(=O)O)C4)cc3)NC2)cc1. The van der Waals surface area contributed by atoms with Crippen molar-refractivity contribution in [3.63, 3.8) is 0 Å². The van der Waals surface area contributed by atoms with E-state index in [1.807, 2.05) is 0 Å². The Morgan fingerprint density at radius 1 is 1.10 bits per heavy atom. The molecular weight excluding hydrogens is 364 g/mol.